The molecular weight excluding hydrogens is 284 g/mol. The molecule has 20 heavy (non-hydrogen) atoms. The fraction of sp³-hybridized carbons (Fsp3) is 0.846. The quantitative estimate of drug-likeness (QED) is 0.557. The van der Waals surface area contributed by atoms with Crippen LogP contribution in [-0.4, -0.2) is 36.1 Å². The van der Waals surface area contributed by atoms with E-state index in [9.17, 15) is 22.6 Å². The minimum Gasteiger partial charge on any atom is -0.748 e. The number of ether oxygens (including phenoxy) is 1. The van der Waals surface area contributed by atoms with E-state index in [4.69, 9.17) is 4.74 Å². The summed E-state index contributed by atoms with van der Waals surface area (Å²) in [5.41, 5.74) is -0.589. The number of esters is 1. The van der Waals surface area contributed by atoms with Gasteiger partial charge in [0.15, 0.2) is 0 Å². The fourth-order valence-electron chi connectivity index (χ4n) is 4.30. The van der Waals surface area contributed by atoms with Gasteiger partial charge in [0.2, 0.25) is 0 Å². The van der Waals surface area contributed by atoms with Gasteiger partial charge in [0.05, 0.1) is 16.5 Å². The third-order valence-corrected chi connectivity index (χ3v) is 5.53. The molecule has 0 aromatic heterocycles. The highest BCUT2D eigenvalue weighted by atomic mass is 32.2. The van der Waals surface area contributed by atoms with Gasteiger partial charge < -0.3 is 9.29 Å². The van der Waals surface area contributed by atoms with Crippen LogP contribution in [0.4, 0.5) is 0 Å². The number of carbonyl (C=O) groups is 2. The zero-order valence-electron chi connectivity index (χ0n) is 11.0. The first-order chi connectivity index (χ1) is 9.26. The van der Waals surface area contributed by atoms with Crippen LogP contribution >= 0.6 is 0 Å². The topological polar surface area (TPSA) is 101 Å². The molecule has 0 radical (unpaired) electrons. The highest BCUT2D eigenvalue weighted by Gasteiger charge is 2.57. The number of hydrogen-bond acceptors (Lipinski definition) is 6. The van der Waals surface area contributed by atoms with E-state index < -0.39 is 33.9 Å². The Hall–Kier alpha value is -0.950. The van der Waals surface area contributed by atoms with Gasteiger partial charge in [-0.3, -0.25) is 9.59 Å². The molecule has 4 bridgehead atoms. The molecule has 6 nitrogen and oxygen atoms in total. The molecule has 0 N–H and O–H groups in total. The standard InChI is InChI=1S/C13H18O6S/c14-11(1-2-20(16,17)18)19-13-5-8-3-9(6-13)12(15)10(4-8)7-13/h8-10H,1-7H2,(H,16,17,18)/p-1. The van der Waals surface area contributed by atoms with Gasteiger partial charge in [0, 0.05) is 17.6 Å². The maximum absolute atomic E-state index is 12.0. The lowest BCUT2D eigenvalue weighted by atomic mass is 9.53. The molecule has 4 fully saturated rings. The Morgan fingerprint density at radius 3 is 2.40 bits per heavy atom. The van der Waals surface area contributed by atoms with Crippen LogP contribution in [0.2, 0.25) is 0 Å². The van der Waals surface area contributed by atoms with E-state index in [2.05, 4.69) is 0 Å². The van der Waals surface area contributed by atoms with Crippen molar-refractivity contribution in [3.8, 4) is 0 Å². The number of carbonyl (C=O) groups excluding carboxylic acids is 2. The molecule has 4 rings (SSSR count). The summed E-state index contributed by atoms with van der Waals surface area (Å²) in [6.07, 6.45) is 3.28. The van der Waals surface area contributed by atoms with Crippen LogP contribution in [0.3, 0.4) is 0 Å². The summed E-state index contributed by atoms with van der Waals surface area (Å²) >= 11 is 0. The van der Waals surface area contributed by atoms with Crippen molar-refractivity contribution in [1.82, 2.24) is 0 Å². The van der Waals surface area contributed by atoms with Gasteiger partial charge >= 0.3 is 5.97 Å². The van der Waals surface area contributed by atoms with Crippen molar-refractivity contribution in [3.05, 3.63) is 0 Å². The fourth-order valence-corrected chi connectivity index (χ4v) is 4.72. The van der Waals surface area contributed by atoms with Crippen LogP contribution in [0, 0.1) is 17.8 Å². The van der Waals surface area contributed by atoms with E-state index in [0.717, 1.165) is 19.3 Å². The Morgan fingerprint density at radius 2 is 1.85 bits per heavy atom. The molecule has 0 amide bonds. The summed E-state index contributed by atoms with van der Waals surface area (Å²) in [7, 11) is -4.40. The van der Waals surface area contributed by atoms with Crippen molar-refractivity contribution in [2.75, 3.05) is 5.75 Å². The molecule has 0 aliphatic heterocycles. The highest BCUT2D eigenvalue weighted by molar-refractivity contribution is 7.85. The van der Waals surface area contributed by atoms with Crippen molar-refractivity contribution in [1.29, 1.82) is 0 Å². The van der Waals surface area contributed by atoms with Crippen molar-refractivity contribution in [3.63, 3.8) is 0 Å². The molecule has 0 heterocycles. The lowest BCUT2D eigenvalue weighted by Gasteiger charge is -2.54. The highest BCUT2D eigenvalue weighted by Crippen LogP contribution is 2.55. The lowest BCUT2D eigenvalue weighted by molar-refractivity contribution is -0.189. The van der Waals surface area contributed by atoms with E-state index >= 15 is 0 Å². The summed E-state index contributed by atoms with van der Waals surface area (Å²) in [5.74, 6) is -0.638. The molecule has 112 valence electrons. The third kappa shape index (κ3) is 2.61. The van der Waals surface area contributed by atoms with Gasteiger partial charge in [0.25, 0.3) is 0 Å². The number of hydrogen-bond donors (Lipinski definition) is 0. The monoisotopic (exact) mass is 301 g/mol. The minimum absolute atomic E-state index is 0.00251. The number of ketones is 1. The van der Waals surface area contributed by atoms with Gasteiger partial charge in [-0.05, 0) is 38.0 Å². The molecule has 2 atom stereocenters. The largest absolute Gasteiger partial charge is 0.748 e. The molecule has 0 spiro atoms. The molecule has 4 aliphatic carbocycles. The zero-order chi connectivity index (χ0) is 14.5. The molecule has 2 unspecified atom stereocenters. The maximum Gasteiger partial charge on any atom is 0.307 e. The summed E-state index contributed by atoms with van der Waals surface area (Å²) in [6, 6.07) is 0. The molecule has 4 saturated carbocycles. The van der Waals surface area contributed by atoms with Crippen LogP contribution < -0.4 is 0 Å². The Labute approximate surface area is 117 Å². The van der Waals surface area contributed by atoms with Crippen molar-refractivity contribution in [2.24, 2.45) is 17.8 Å². The average molecular weight is 301 g/mol. The second-order valence-electron chi connectivity index (χ2n) is 6.41. The molecule has 0 aromatic carbocycles. The Balaban J connectivity index is 1.66. The predicted molar refractivity (Wildman–Crippen MR) is 66.6 cm³/mol. The van der Waals surface area contributed by atoms with E-state index in [0.29, 0.717) is 24.5 Å². The average Bonchev–Trinajstić information content (AvgIpc) is 2.31. The van der Waals surface area contributed by atoms with Crippen molar-refractivity contribution in [2.45, 2.75) is 44.1 Å². The lowest BCUT2D eigenvalue weighted by Crippen LogP contribution is -2.56. The summed E-state index contributed by atoms with van der Waals surface area (Å²) in [6.45, 7) is 0. The van der Waals surface area contributed by atoms with Crippen LogP contribution in [-0.2, 0) is 24.4 Å². The van der Waals surface area contributed by atoms with E-state index in [1.54, 1.807) is 0 Å². The first-order valence-electron chi connectivity index (χ1n) is 6.95. The summed E-state index contributed by atoms with van der Waals surface area (Å²) in [4.78, 5) is 23.7. The zero-order valence-corrected chi connectivity index (χ0v) is 11.9. The van der Waals surface area contributed by atoms with E-state index in [1.807, 2.05) is 0 Å². The number of rotatable bonds is 4. The van der Waals surface area contributed by atoms with Gasteiger partial charge in [-0.1, -0.05) is 0 Å². The van der Waals surface area contributed by atoms with Gasteiger partial charge in [-0.25, -0.2) is 8.42 Å². The van der Waals surface area contributed by atoms with Gasteiger partial charge in [-0.2, -0.15) is 0 Å². The minimum atomic E-state index is -4.40. The van der Waals surface area contributed by atoms with Gasteiger partial charge in [0.1, 0.15) is 11.4 Å². The van der Waals surface area contributed by atoms with Crippen LogP contribution in [0.15, 0.2) is 0 Å². The molecule has 0 saturated heterocycles. The smallest absolute Gasteiger partial charge is 0.307 e. The Morgan fingerprint density at radius 1 is 1.25 bits per heavy atom. The molecule has 0 aromatic rings. The molecule has 7 heteroatoms. The second kappa shape index (κ2) is 4.53. The molecular formula is C13H17O6S-. The van der Waals surface area contributed by atoms with Crippen LogP contribution in [0.1, 0.15) is 38.5 Å². The van der Waals surface area contributed by atoms with Crippen molar-refractivity contribution < 1.29 is 27.3 Å². The van der Waals surface area contributed by atoms with Crippen LogP contribution in [0.5, 0.6) is 0 Å². The summed E-state index contributed by atoms with van der Waals surface area (Å²) < 4.78 is 37.1. The third-order valence-electron chi connectivity index (χ3n) is 4.82. The predicted octanol–water partition coefficient (Wildman–Crippen LogP) is 0.613. The maximum atomic E-state index is 12.0. The first-order valence-corrected chi connectivity index (χ1v) is 8.53. The second-order valence-corrected chi connectivity index (χ2v) is 7.94. The first kappa shape index (κ1) is 14.0. The number of Topliss-reactive ketones (excluding diaryl/α,β-unsaturated/α-hetero) is 1. The van der Waals surface area contributed by atoms with Crippen LogP contribution in [0.25, 0.3) is 0 Å². The molecule has 4 aliphatic rings. The van der Waals surface area contributed by atoms with E-state index in [-0.39, 0.29) is 11.8 Å². The van der Waals surface area contributed by atoms with Crippen molar-refractivity contribution >= 4 is 21.9 Å². The van der Waals surface area contributed by atoms with E-state index in [1.165, 1.54) is 0 Å². The SMILES string of the molecule is O=C(CCS(=O)(=O)[O-])OC12CC3CC(C1)C(=O)C(C3)C2. The summed E-state index contributed by atoms with van der Waals surface area (Å²) in [5, 5.41) is 0. The Kier molecular flexibility index (Phi) is 3.17. The van der Waals surface area contributed by atoms with Gasteiger partial charge in [-0.15, -0.1) is 0 Å². The normalized spacial score (nSPS) is 39.0. The Bertz CT molecular complexity index is 533.